The van der Waals surface area contributed by atoms with E-state index in [1.807, 2.05) is 0 Å². The van der Waals surface area contributed by atoms with Gasteiger partial charge >= 0.3 is 0 Å². The van der Waals surface area contributed by atoms with Gasteiger partial charge in [0.25, 0.3) is 0 Å². The predicted molar refractivity (Wildman–Crippen MR) is 87.8 cm³/mol. The van der Waals surface area contributed by atoms with Crippen LogP contribution in [0, 0.1) is 5.92 Å². The lowest BCUT2D eigenvalue weighted by Gasteiger charge is -2.24. The lowest BCUT2D eigenvalue weighted by Crippen LogP contribution is -2.43. The highest BCUT2D eigenvalue weighted by molar-refractivity contribution is 5.94. The Morgan fingerprint density at radius 2 is 2.16 bits per heavy atom. The summed E-state index contributed by atoms with van der Waals surface area (Å²) in [6.07, 6.45) is -2.05. The van der Waals surface area contributed by atoms with Crippen LogP contribution in [0.1, 0.15) is 32.6 Å². The molecule has 0 radical (unpaired) electrons. The van der Waals surface area contributed by atoms with E-state index in [0.29, 0.717) is 17.0 Å². The molecule has 0 aromatic carbocycles. The van der Waals surface area contributed by atoms with Crippen LogP contribution in [0.25, 0.3) is 5.52 Å². The quantitative estimate of drug-likeness (QED) is 0.604. The van der Waals surface area contributed by atoms with Gasteiger partial charge in [0, 0.05) is 5.92 Å². The van der Waals surface area contributed by atoms with Gasteiger partial charge in [-0.05, 0) is 19.1 Å². The van der Waals surface area contributed by atoms with Crippen LogP contribution < -0.4 is 5.32 Å². The minimum Gasteiger partial charge on any atom is -0.393 e. The zero-order valence-electron chi connectivity index (χ0n) is 14.2. The van der Waals surface area contributed by atoms with Crippen LogP contribution in [0.5, 0.6) is 0 Å². The summed E-state index contributed by atoms with van der Waals surface area (Å²) in [5.74, 6) is -0.0356. The lowest BCUT2D eigenvalue weighted by molar-refractivity contribution is -0.118. The van der Waals surface area contributed by atoms with Crippen LogP contribution in [0.15, 0.2) is 18.5 Å². The van der Waals surface area contributed by atoms with Gasteiger partial charge in [0.2, 0.25) is 5.91 Å². The molecule has 0 bridgehead atoms. The summed E-state index contributed by atoms with van der Waals surface area (Å²) in [7, 11) is 0. The van der Waals surface area contributed by atoms with Crippen molar-refractivity contribution in [1.82, 2.24) is 14.6 Å². The lowest BCUT2D eigenvalue weighted by atomic mass is 9.97. The predicted octanol–water partition coefficient (Wildman–Crippen LogP) is -0.132. The Balaban J connectivity index is 1.98. The smallest absolute Gasteiger partial charge is 0.228 e. The molecule has 136 valence electrons. The van der Waals surface area contributed by atoms with Crippen LogP contribution in [-0.2, 0) is 9.53 Å². The number of amides is 1. The first-order valence-electron chi connectivity index (χ1n) is 8.07. The number of aromatic nitrogens is 3. The van der Waals surface area contributed by atoms with E-state index < -0.39 is 30.5 Å². The molecule has 4 atom stereocenters. The van der Waals surface area contributed by atoms with E-state index >= 15 is 0 Å². The van der Waals surface area contributed by atoms with Crippen LogP contribution >= 0.6 is 0 Å². The summed E-state index contributed by atoms with van der Waals surface area (Å²) >= 11 is 0. The zero-order chi connectivity index (χ0) is 18.4. The number of anilines is 1. The summed E-state index contributed by atoms with van der Waals surface area (Å²) < 4.78 is 7.21. The Labute approximate surface area is 144 Å². The molecule has 9 nitrogen and oxygen atoms in total. The number of hydrogen-bond acceptors (Lipinski definition) is 7. The Bertz CT molecular complexity index is 792. The molecule has 1 saturated heterocycles. The van der Waals surface area contributed by atoms with Gasteiger partial charge in [0.05, 0.1) is 12.3 Å². The number of ether oxygens (including phenoxy) is 1. The number of nitrogens with zero attached hydrogens (tertiary/aromatic N) is 3. The highest BCUT2D eigenvalue weighted by Gasteiger charge is 2.52. The Morgan fingerprint density at radius 1 is 1.44 bits per heavy atom. The fourth-order valence-corrected chi connectivity index (χ4v) is 2.85. The van der Waals surface area contributed by atoms with E-state index in [9.17, 15) is 20.1 Å². The van der Waals surface area contributed by atoms with Crippen molar-refractivity contribution in [3.63, 3.8) is 0 Å². The van der Waals surface area contributed by atoms with Crippen molar-refractivity contribution >= 4 is 17.2 Å². The highest BCUT2D eigenvalue weighted by atomic mass is 16.6. The van der Waals surface area contributed by atoms with Gasteiger partial charge in [0.1, 0.15) is 35.8 Å². The second kappa shape index (κ2) is 6.34. The first kappa shape index (κ1) is 17.7. The standard InChI is InChI=1S/C16H22N4O5/c1-8(2)15(24)19-14-10-5-4-9(20(10)18-7-17-14)12-11(22)13(23)16(3,6-21)25-12/h4-5,7-8,11-13,21-23H,6H2,1-3H3,(H,17,18,19,24)/t11-,12-,13-,16+/m0/s1. The Morgan fingerprint density at radius 3 is 2.76 bits per heavy atom. The van der Waals surface area contributed by atoms with Crippen LogP contribution in [0.2, 0.25) is 0 Å². The van der Waals surface area contributed by atoms with Crippen LogP contribution in [0.3, 0.4) is 0 Å². The molecule has 25 heavy (non-hydrogen) atoms. The first-order chi connectivity index (χ1) is 11.8. The number of carbonyl (C=O) groups is 1. The van der Waals surface area contributed by atoms with E-state index in [-0.39, 0.29) is 11.8 Å². The van der Waals surface area contributed by atoms with Crippen LogP contribution in [0.4, 0.5) is 5.82 Å². The first-order valence-corrected chi connectivity index (χ1v) is 8.07. The third-order valence-electron chi connectivity index (χ3n) is 4.51. The van der Waals surface area contributed by atoms with Gasteiger partial charge in [0.15, 0.2) is 5.82 Å². The van der Waals surface area contributed by atoms with Crippen molar-refractivity contribution in [1.29, 1.82) is 0 Å². The Kier molecular flexibility index (Phi) is 4.50. The average molecular weight is 350 g/mol. The van der Waals surface area contributed by atoms with Crippen molar-refractivity contribution < 1.29 is 24.9 Å². The second-order valence-electron chi connectivity index (χ2n) is 6.75. The molecule has 0 spiro atoms. The average Bonchev–Trinajstić information content (AvgIpc) is 3.11. The SMILES string of the molecule is CC(C)C(=O)Nc1ncnn2c([C@@H]3O[C@](C)(CO)[C@@H](O)[C@H]3O)ccc12. The molecule has 1 fully saturated rings. The van der Waals surface area contributed by atoms with Gasteiger partial charge in [-0.3, -0.25) is 4.79 Å². The van der Waals surface area contributed by atoms with Gasteiger partial charge < -0.3 is 25.4 Å². The number of hydrogen-bond donors (Lipinski definition) is 4. The number of rotatable bonds is 4. The highest BCUT2D eigenvalue weighted by Crippen LogP contribution is 2.40. The number of carbonyl (C=O) groups excluding carboxylic acids is 1. The van der Waals surface area contributed by atoms with E-state index in [1.54, 1.807) is 26.0 Å². The maximum Gasteiger partial charge on any atom is 0.228 e. The normalized spacial score (nSPS) is 29.5. The Hall–Kier alpha value is -2.07. The molecule has 1 aliphatic rings. The van der Waals surface area contributed by atoms with E-state index in [0.717, 1.165) is 0 Å². The summed E-state index contributed by atoms with van der Waals surface area (Å²) in [6, 6.07) is 3.38. The van der Waals surface area contributed by atoms with Gasteiger partial charge in [-0.1, -0.05) is 13.8 Å². The number of fused-ring (bicyclic) bond motifs is 1. The van der Waals surface area contributed by atoms with Crippen molar-refractivity contribution in [2.45, 2.75) is 44.7 Å². The van der Waals surface area contributed by atoms with Gasteiger partial charge in [-0.2, -0.15) is 5.10 Å². The molecule has 3 rings (SSSR count). The number of aliphatic hydroxyl groups excluding tert-OH is 3. The number of aliphatic hydroxyl groups is 3. The molecule has 1 aliphatic heterocycles. The summed E-state index contributed by atoms with van der Waals surface area (Å²) in [5.41, 5.74) is -0.244. The molecule has 2 aromatic heterocycles. The number of nitrogens with one attached hydrogen (secondary N) is 1. The third-order valence-corrected chi connectivity index (χ3v) is 4.51. The molecular formula is C16H22N4O5. The molecule has 1 amide bonds. The zero-order valence-corrected chi connectivity index (χ0v) is 14.2. The molecule has 4 N–H and O–H groups in total. The molecule has 3 heterocycles. The van der Waals surface area contributed by atoms with Crippen molar-refractivity contribution in [2.24, 2.45) is 5.92 Å². The largest absolute Gasteiger partial charge is 0.393 e. The molecular weight excluding hydrogens is 328 g/mol. The molecule has 2 aromatic rings. The molecule has 0 aliphatic carbocycles. The third kappa shape index (κ3) is 2.89. The van der Waals surface area contributed by atoms with E-state index in [1.165, 1.54) is 17.8 Å². The minimum atomic E-state index is -1.27. The topological polar surface area (TPSA) is 129 Å². The van der Waals surface area contributed by atoms with Gasteiger partial charge in [-0.15, -0.1) is 0 Å². The maximum absolute atomic E-state index is 11.9. The minimum absolute atomic E-state index is 0.177. The molecule has 0 saturated carbocycles. The van der Waals surface area contributed by atoms with Gasteiger partial charge in [-0.25, -0.2) is 9.50 Å². The van der Waals surface area contributed by atoms with Crippen molar-refractivity contribution in [3.8, 4) is 0 Å². The van der Waals surface area contributed by atoms with Crippen molar-refractivity contribution in [3.05, 3.63) is 24.2 Å². The van der Waals surface area contributed by atoms with E-state index in [4.69, 9.17) is 4.74 Å². The van der Waals surface area contributed by atoms with Crippen LogP contribution in [-0.4, -0.2) is 60.2 Å². The monoisotopic (exact) mass is 350 g/mol. The summed E-state index contributed by atoms with van der Waals surface area (Å²) in [6.45, 7) is 4.64. The molecule has 0 unspecified atom stereocenters. The fourth-order valence-electron chi connectivity index (χ4n) is 2.85. The second-order valence-corrected chi connectivity index (χ2v) is 6.75. The summed E-state index contributed by atoms with van der Waals surface area (Å²) in [4.78, 5) is 16.0. The fraction of sp³-hybridized carbons (Fsp3) is 0.562. The maximum atomic E-state index is 11.9. The van der Waals surface area contributed by atoms with E-state index in [2.05, 4.69) is 15.4 Å². The molecule has 9 heteroatoms. The van der Waals surface area contributed by atoms with Crippen molar-refractivity contribution in [2.75, 3.05) is 11.9 Å². The summed E-state index contributed by atoms with van der Waals surface area (Å²) in [5, 5.41) is 36.8.